The van der Waals surface area contributed by atoms with Crippen molar-refractivity contribution in [2.75, 3.05) is 26.7 Å². The van der Waals surface area contributed by atoms with Crippen LogP contribution in [0.5, 0.6) is 5.75 Å². The third-order valence-electron chi connectivity index (χ3n) is 6.17. The number of likely N-dealkylation sites (tertiary alicyclic amines) is 1. The minimum absolute atomic E-state index is 0.148. The molecule has 0 radical (unpaired) electrons. The Morgan fingerprint density at radius 2 is 1.87 bits per heavy atom. The van der Waals surface area contributed by atoms with E-state index in [9.17, 15) is 13.2 Å². The summed E-state index contributed by atoms with van der Waals surface area (Å²) in [7, 11) is -2.15. The van der Waals surface area contributed by atoms with Crippen LogP contribution in [0.4, 0.5) is 0 Å². The number of carbonyl (C=O) groups is 1. The first kappa shape index (κ1) is 30.8. The van der Waals surface area contributed by atoms with Gasteiger partial charge in [-0.2, -0.15) is 0 Å². The van der Waals surface area contributed by atoms with Crippen molar-refractivity contribution in [1.29, 1.82) is 0 Å². The number of carbonyl (C=O) groups excluding carboxylic acids is 1. The molecule has 3 rings (SSSR count). The molecule has 10 heteroatoms. The zero-order valence-corrected chi connectivity index (χ0v) is 23.3. The second-order valence-electron chi connectivity index (χ2n) is 8.42. The van der Waals surface area contributed by atoms with Gasteiger partial charge in [-0.3, -0.25) is 10.0 Å². The summed E-state index contributed by atoms with van der Waals surface area (Å²) in [5.74, 6) is 0.894. The lowest BCUT2D eigenvalue weighted by Gasteiger charge is -2.33. The Bertz CT molecular complexity index is 1250. The average molecular weight is 543 g/mol. The van der Waals surface area contributed by atoms with Gasteiger partial charge < -0.3 is 9.64 Å². The maximum Gasteiger partial charge on any atom is 0.276 e. The SMILES string of the molecule is C=C/C(=C\N=C(C)N1CCC(CNS(=O)(=O)c2ccccc2-c2cccc(OC)c2)CC1)C(=O)NO.CC. The van der Waals surface area contributed by atoms with E-state index in [0.717, 1.165) is 24.2 Å². The minimum Gasteiger partial charge on any atom is -0.497 e. The molecule has 2 aromatic rings. The summed E-state index contributed by atoms with van der Waals surface area (Å²) in [6.45, 7) is 11.1. The highest BCUT2D eigenvalue weighted by molar-refractivity contribution is 7.89. The van der Waals surface area contributed by atoms with E-state index in [4.69, 9.17) is 9.94 Å². The van der Waals surface area contributed by atoms with Gasteiger partial charge in [0.15, 0.2) is 0 Å². The van der Waals surface area contributed by atoms with Gasteiger partial charge in [0.1, 0.15) is 11.6 Å². The molecule has 0 aromatic heterocycles. The third-order valence-corrected chi connectivity index (χ3v) is 7.65. The second-order valence-corrected chi connectivity index (χ2v) is 10.2. The summed E-state index contributed by atoms with van der Waals surface area (Å²) >= 11 is 0. The van der Waals surface area contributed by atoms with Crippen molar-refractivity contribution in [3.63, 3.8) is 0 Å². The Balaban J connectivity index is 0.00000247. The Hall–Kier alpha value is -3.47. The van der Waals surface area contributed by atoms with Crippen molar-refractivity contribution >= 4 is 21.8 Å². The van der Waals surface area contributed by atoms with Crippen molar-refractivity contribution in [2.45, 2.75) is 38.5 Å². The fraction of sp³-hybridized carbons (Fsp3) is 0.357. The van der Waals surface area contributed by atoms with Gasteiger partial charge in [0.25, 0.3) is 5.91 Å². The first-order valence-corrected chi connectivity index (χ1v) is 14.1. The zero-order chi connectivity index (χ0) is 28.1. The Morgan fingerprint density at radius 1 is 1.18 bits per heavy atom. The largest absolute Gasteiger partial charge is 0.497 e. The van der Waals surface area contributed by atoms with Gasteiger partial charge >= 0.3 is 0 Å². The smallest absolute Gasteiger partial charge is 0.276 e. The van der Waals surface area contributed by atoms with Crippen LogP contribution >= 0.6 is 0 Å². The van der Waals surface area contributed by atoms with Crippen LogP contribution < -0.4 is 14.9 Å². The number of benzene rings is 2. The van der Waals surface area contributed by atoms with E-state index in [-0.39, 0.29) is 16.4 Å². The van der Waals surface area contributed by atoms with Crippen molar-refractivity contribution in [3.05, 3.63) is 73.0 Å². The summed E-state index contributed by atoms with van der Waals surface area (Å²) in [6.07, 6.45) is 4.26. The van der Waals surface area contributed by atoms with Crippen LogP contribution in [0.2, 0.25) is 0 Å². The Labute approximate surface area is 225 Å². The van der Waals surface area contributed by atoms with E-state index in [0.29, 0.717) is 30.9 Å². The molecular formula is C28H38N4O5S. The van der Waals surface area contributed by atoms with Gasteiger partial charge in [0, 0.05) is 31.4 Å². The number of methoxy groups -OCH3 is 1. The van der Waals surface area contributed by atoms with Crippen LogP contribution in [0.25, 0.3) is 11.1 Å². The first-order chi connectivity index (χ1) is 18.3. The molecule has 206 valence electrons. The summed E-state index contributed by atoms with van der Waals surface area (Å²) < 4.78 is 34.5. The summed E-state index contributed by atoms with van der Waals surface area (Å²) in [5.41, 5.74) is 3.09. The molecule has 9 nitrogen and oxygen atoms in total. The number of hydroxylamine groups is 1. The number of aliphatic imine (C=N–C) groups is 1. The van der Waals surface area contributed by atoms with Crippen LogP contribution in [0, 0.1) is 5.92 Å². The van der Waals surface area contributed by atoms with E-state index in [2.05, 4.69) is 21.2 Å². The molecule has 2 aromatic carbocycles. The molecule has 0 aliphatic carbocycles. The summed E-state index contributed by atoms with van der Waals surface area (Å²) in [4.78, 5) is 18.1. The lowest BCUT2D eigenvalue weighted by Crippen LogP contribution is -2.40. The highest BCUT2D eigenvalue weighted by Gasteiger charge is 2.24. The van der Waals surface area contributed by atoms with Gasteiger partial charge in [-0.15, -0.1) is 0 Å². The van der Waals surface area contributed by atoms with E-state index in [1.165, 1.54) is 12.3 Å². The normalized spacial score (nSPS) is 14.8. The Morgan fingerprint density at radius 3 is 2.50 bits per heavy atom. The molecule has 0 saturated carbocycles. The molecule has 0 bridgehead atoms. The van der Waals surface area contributed by atoms with E-state index in [1.54, 1.807) is 30.8 Å². The fourth-order valence-electron chi connectivity index (χ4n) is 4.01. The topological polar surface area (TPSA) is 120 Å². The molecule has 1 saturated heterocycles. The number of rotatable bonds is 9. The predicted octanol–water partition coefficient (Wildman–Crippen LogP) is 4.37. The fourth-order valence-corrected chi connectivity index (χ4v) is 5.35. The number of nitrogens with one attached hydrogen (secondary N) is 2. The molecule has 1 heterocycles. The predicted molar refractivity (Wildman–Crippen MR) is 151 cm³/mol. The number of piperidine rings is 1. The van der Waals surface area contributed by atoms with Gasteiger partial charge in [0.2, 0.25) is 10.0 Å². The van der Waals surface area contributed by atoms with Gasteiger partial charge in [0.05, 0.1) is 17.6 Å². The molecule has 1 aliphatic rings. The van der Waals surface area contributed by atoms with Gasteiger partial charge in [-0.1, -0.05) is 56.8 Å². The zero-order valence-electron chi connectivity index (χ0n) is 22.5. The highest BCUT2D eigenvalue weighted by atomic mass is 32.2. The number of amides is 1. The number of ether oxygens (including phenoxy) is 1. The van der Waals surface area contributed by atoms with E-state index >= 15 is 0 Å². The lowest BCUT2D eigenvalue weighted by atomic mass is 9.97. The summed E-state index contributed by atoms with van der Waals surface area (Å²) in [5, 5.41) is 8.75. The van der Waals surface area contributed by atoms with Crippen LogP contribution in [0.15, 0.2) is 82.8 Å². The molecule has 0 unspecified atom stereocenters. The molecule has 1 fully saturated rings. The van der Waals surface area contributed by atoms with Crippen molar-refractivity contribution in [3.8, 4) is 16.9 Å². The second kappa shape index (κ2) is 15.1. The quantitative estimate of drug-likeness (QED) is 0.108. The van der Waals surface area contributed by atoms with Crippen LogP contribution in [0.1, 0.15) is 33.6 Å². The van der Waals surface area contributed by atoms with Gasteiger partial charge in [-0.05, 0) is 49.4 Å². The van der Waals surface area contributed by atoms with Crippen molar-refractivity contribution in [2.24, 2.45) is 10.9 Å². The molecule has 0 spiro atoms. The molecule has 38 heavy (non-hydrogen) atoms. The average Bonchev–Trinajstić information content (AvgIpc) is 2.97. The standard InChI is InChI=1S/C26H32N4O5S.C2H6/c1-4-21(26(31)29-32)18-27-19(2)30-14-12-20(13-15-30)17-28-36(33,34)25-11-6-5-10-24(25)22-8-7-9-23(16-22)35-3;1-2/h4-11,16,18,20,28,32H,1,12-15,17H2,2-3H3,(H,29,31);1-2H3/b21-18+,27-19?;. The molecule has 3 N–H and O–H groups in total. The first-order valence-electron chi connectivity index (χ1n) is 12.6. The minimum atomic E-state index is -3.72. The van der Waals surface area contributed by atoms with Crippen LogP contribution in [-0.2, 0) is 14.8 Å². The number of hydrogen-bond donors (Lipinski definition) is 3. The Kier molecular flexibility index (Phi) is 12.2. The monoisotopic (exact) mass is 542 g/mol. The number of amidine groups is 1. The molecular weight excluding hydrogens is 504 g/mol. The molecule has 0 atom stereocenters. The molecule has 1 amide bonds. The van der Waals surface area contributed by atoms with Gasteiger partial charge in [-0.25, -0.2) is 23.6 Å². The van der Waals surface area contributed by atoms with Crippen molar-refractivity contribution < 1.29 is 23.2 Å². The number of sulfonamides is 1. The van der Waals surface area contributed by atoms with Crippen LogP contribution in [0.3, 0.4) is 0 Å². The number of nitrogens with zero attached hydrogens (tertiary/aromatic N) is 2. The van der Waals surface area contributed by atoms with Crippen molar-refractivity contribution in [1.82, 2.24) is 15.1 Å². The lowest BCUT2D eigenvalue weighted by molar-refractivity contribution is -0.124. The maximum absolute atomic E-state index is 13.2. The van der Waals surface area contributed by atoms with E-state index < -0.39 is 15.9 Å². The highest BCUT2D eigenvalue weighted by Crippen LogP contribution is 2.30. The van der Waals surface area contributed by atoms with Crippen LogP contribution in [-0.4, -0.2) is 57.0 Å². The third kappa shape index (κ3) is 8.27. The summed E-state index contributed by atoms with van der Waals surface area (Å²) in [6, 6.07) is 14.3. The molecule has 1 aliphatic heterocycles. The maximum atomic E-state index is 13.2. The van der Waals surface area contributed by atoms with E-state index in [1.807, 2.05) is 51.1 Å². The number of hydrogen-bond acceptors (Lipinski definition) is 6.